The molecule has 77 heavy (non-hydrogen) atoms. The molecule has 0 aliphatic heterocycles. The van der Waals surface area contributed by atoms with E-state index in [1.165, 1.54) is 77.0 Å². The van der Waals surface area contributed by atoms with Crippen molar-refractivity contribution in [1.29, 1.82) is 0 Å². The van der Waals surface area contributed by atoms with Crippen molar-refractivity contribution in [3.63, 3.8) is 0 Å². The zero-order valence-electron chi connectivity index (χ0n) is 49.2. The van der Waals surface area contributed by atoms with Gasteiger partial charge in [-0.3, -0.25) is 37.3 Å². The molecule has 0 saturated heterocycles. The highest BCUT2D eigenvalue weighted by Crippen LogP contribution is 2.45. The van der Waals surface area contributed by atoms with Crippen LogP contribution in [0.3, 0.4) is 0 Å². The van der Waals surface area contributed by atoms with E-state index in [0.717, 1.165) is 115 Å². The molecule has 19 heteroatoms. The first-order valence-corrected chi connectivity index (χ1v) is 33.5. The minimum Gasteiger partial charge on any atom is -0.462 e. The molecule has 0 aliphatic carbocycles. The van der Waals surface area contributed by atoms with Gasteiger partial charge in [-0.2, -0.15) is 0 Å². The van der Waals surface area contributed by atoms with E-state index in [-0.39, 0.29) is 25.7 Å². The van der Waals surface area contributed by atoms with Gasteiger partial charge in [-0.1, -0.05) is 228 Å². The Morgan fingerprint density at radius 1 is 0.377 bits per heavy atom. The third-order valence-electron chi connectivity index (χ3n) is 13.6. The minimum absolute atomic E-state index is 0.102. The molecule has 3 N–H and O–H groups in total. The summed E-state index contributed by atoms with van der Waals surface area (Å²) < 4.78 is 67.6. The number of phosphoric ester groups is 2. The number of esters is 4. The molecule has 0 aromatic heterocycles. The van der Waals surface area contributed by atoms with Gasteiger partial charge in [0.25, 0.3) is 0 Å². The van der Waals surface area contributed by atoms with Crippen LogP contribution in [0.25, 0.3) is 0 Å². The van der Waals surface area contributed by atoms with E-state index in [1.54, 1.807) is 0 Å². The number of hydrogen-bond acceptors (Lipinski definition) is 15. The Bertz CT molecular complexity index is 1530. The van der Waals surface area contributed by atoms with Gasteiger partial charge >= 0.3 is 39.5 Å². The lowest BCUT2D eigenvalue weighted by Crippen LogP contribution is -2.30. The fraction of sp³-hybridized carbons (Fsp3) is 0.931. The summed E-state index contributed by atoms with van der Waals surface area (Å²) in [5, 5.41) is 10.5. The van der Waals surface area contributed by atoms with Gasteiger partial charge in [0.1, 0.15) is 19.3 Å². The van der Waals surface area contributed by atoms with Crippen LogP contribution in [-0.2, 0) is 65.4 Å². The lowest BCUT2D eigenvalue weighted by Gasteiger charge is -2.21. The van der Waals surface area contributed by atoms with E-state index < -0.39 is 97.5 Å². The normalized spacial score (nSPS) is 14.8. The quantitative estimate of drug-likeness (QED) is 0.0222. The number of phosphoric acid groups is 2. The SMILES string of the molecule is CCCCCCCCCCCCC(=O)O[C@H](COC(=O)CCCCCCCCC)COP(=O)(O)OC[C@H](O)COP(=O)(O)OC[C@@H](COC(=O)CCCCCCCCC(C)CC)OC(=O)CCCCCCCCCC(C)C. The molecule has 0 saturated carbocycles. The smallest absolute Gasteiger partial charge is 0.462 e. The third-order valence-corrected chi connectivity index (χ3v) is 15.5. The van der Waals surface area contributed by atoms with E-state index in [1.807, 2.05) is 0 Å². The number of carbonyl (C=O) groups excluding carboxylic acids is 4. The van der Waals surface area contributed by atoms with Crippen LogP contribution in [-0.4, -0.2) is 96.7 Å². The van der Waals surface area contributed by atoms with E-state index in [4.69, 9.17) is 37.0 Å². The zero-order chi connectivity index (χ0) is 57.3. The molecular weight excluding hydrogens is 1030 g/mol. The molecule has 0 fully saturated rings. The van der Waals surface area contributed by atoms with Crippen LogP contribution in [0.1, 0.15) is 279 Å². The molecule has 17 nitrogen and oxygen atoms in total. The van der Waals surface area contributed by atoms with Gasteiger partial charge in [0.15, 0.2) is 12.2 Å². The second kappa shape index (κ2) is 51.0. The topological polar surface area (TPSA) is 237 Å². The van der Waals surface area contributed by atoms with Crippen molar-refractivity contribution in [2.45, 2.75) is 297 Å². The maximum absolute atomic E-state index is 12.9. The summed E-state index contributed by atoms with van der Waals surface area (Å²) in [5.41, 5.74) is 0. The van der Waals surface area contributed by atoms with E-state index in [9.17, 15) is 43.2 Å². The average Bonchev–Trinajstić information content (AvgIpc) is 3.39. The van der Waals surface area contributed by atoms with Crippen LogP contribution >= 0.6 is 15.6 Å². The van der Waals surface area contributed by atoms with Crippen molar-refractivity contribution in [2.24, 2.45) is 11.8 Å². The van der Waals surface area contributed by atoms with Crippen LogP contribution < -0.4 is 0 Å². The number of rotatable bonds is 57. The Hall–Kier alpha value is -1.94. The molecule has 0 aliphatic rings. The second-order valence-corrected chi connectivity index (χ2v) is 24.7. The van der Waals surface area contributed by atoms with Gasteiger partial charge < -0.3 is 33.8 Å². The van der Waals surface area contributed by atoms with Crippen molar-refractivity contribution < 1.29 is 80.2 Å². The molecule has 456 valence electrons. The molecule has 0 aromatic carbocycles. The highest BCUT2D eigenvalue weighted by Gasteiger charge is 2.30. The Morgan fingerprint density at radius 3 is 0.987 bits per heavy atom. The first kappa shape index (κ1) is 75.1. The van der Waals surface area contributed by atoms with Crippen LogP contribution in [0.2, 0.25) is 0 Å². The van der Waals surface area contributed by atoms with E-state index in [0.29, 0.717) is 31.6 Å². The maximum Gasteiger partial charge on any atom is 0.472 e. The molecule has 0 bridgehead atoms. The van der Waals surface area contributed by atoms with Gasteiger partial charge in [0, 0.05) is 25.7 Å². The first-order valence-electron chi connectivity index (χ1n) is 30.5. The Balaban J connectivity index is 5.23. The molecule has 0 spiro atoms. The largest absolute Gasteiger partial charge is 0.472 e. The summed E-state index contributed by atoms with van der Waals surface area (Å²) in [6, 6.07) is 0. The second-order valence-electron chi connectivity index (χ2n) is 21.7. The number of hydrogen-bond donors (Lipinski definition) is 3. The lowest BCUT2D eigenvalue weighted by atomic mass is 10.00. The summed E-state index contributed by atoms with van der Waals surface area (Å²) in [6.07, 6.45) is 30.9. The van der Waals surface area contributed by atoms with Crippen LogP contribution in [0.4, 0.5) is 0 Å². The lowest BCUT2D eigenvalue weighted by molar-refractivity contribution is -0.161. The maximum atomic E-state index is 12.9. The molecule has 0 aromatic rings. The predicted molar refractivity (Wildman–Crippen MR) is 303 cm³/mol. The van der Waals surface area contributed by atoms with Crippen molar-refractivity contribution in [3.05, 3.63) is 0 Å². The van der Waals surface area contributed by atoms with Crippen LogP contribution in [0.15, 0.2) is 0 Å². The van der Waals surface area contributed by atoms with Crippen molar-refractivity contribution >= 4 is 39.5 Å². The van der Waals surface area contributed by atoms with Crippen LogP contribution in [0.5, 0.6) is 0 Å². The van der Waals surface area contributed by atoms with Crippen molar-refractivity contribution in [3.8, 4) is 0 Å². The predicted octanol–water partition coefficient (Wildman–Crippen LogP) is 15.3. The summed E-state index contributed by atoms with van der Waals surface area (Å²) in [7, 11) is -9.87. The number of aliphatic hydroxyl groups is 1. The van der Waals surface area contributed by atoms with Gasteiger partial charge in [0.2, 0.25) is 0 Å². The minimum atomic E-state index is -4.94. The molecule has 3 unspecified atom stereocenters. The van der Waals surface area contributed by atoms with Crippen molar-refractivity contribution in [2.75, 3.05) is 39.6 Å². The molecular formula is C58H112O17P2. The standard InChI is InChI=1S/C58H112O17P2/c1-7-10-12-14-16-17-18-22-30-36-42-57(62)74-53(46-68-55(60)40-34-28-20-15-13-11-8-2)48-72-76(64,65)70-44-52(59)45-71-77(66,67)73-49-54(75-58(63)43-37-31-23-19-21-26-32-38-50(4)5)47-69-56(61)41-35-29-25-24-27-33-39-51(6)9-3/h50-54,59H,7-49H2,1-6H3,(H,64,65)(H,66,67)/t51?,52-,53+,54+/m0/s1. The zero-order valence-corrected chi connectivity index (χ0v) is 51.0. The monoisotopic (exact) mass is 1140 g/mol. The number of unbranched alkanes of at least 4 members (excludes halogenated alkanes) is 26. The van der Waals surface area contributed by atoms with Crippen molar-refractivity contribution in [1.82, 2.24) is 0 Å². The third kappa shape index (κ3) is 51.9. The number of aliphatic hydroxyl groups excluding tert-OH is 1. The van der Waals surface area contributed by atoms with Crippen LogP contribution in [0, 0.1) is 11.8 Å². The fourth-order valence-corrected chi connectivity index (χ4v) is 10.0. The molecule has 0 heterocycles. The van der Waals surface area contributed by atoms with E-state index in [2.05, 4.69) is 41.5 Å². The van der Waals surface area contributed by atoms with E-state index >= 15 is 0 Å². The summed E-state index contributed by atoms with van der Waals surface area (Å²) in [5.74, 6) is -0.723. The molecule has 0 rings (SSSR count). The van der Waals surface area contributed by atoms with Gasteiger partial charge in [-0.05, 0) is 37.5 Å². The summed E-state index contributed by atoms with van der Waals surface area (Å²) in [4.78, 5) is 71.8. The summed E-state index contributed by atoms with van der Waals surface area (Å²) in [6.45, 7) is 9.29. The highest BCUT2D eigenvalue weighted by atomic mass is 31.2. The average molecular weight is 1140 g/mol. The fourth-order valence-electron chi connectivity index (χ4n) is 8.44. The van der Waals surface area contributed by atoms with Gasteiger partial charge in [0.05, 0.1) is 26.4 Å². The first-order chi connectivity index (χ1) is 36.9. The van der Waals surface area contributed by atoms with Gasteiger partial charge in [-0.15, -0.1) is 0 Å². The molecule has 0 amide bonds. The Morgan fingerprint density at radius 2 is 0.662 bits per heavy atom. The molecule has 6 atom stereocenters. The Kier molecular flexibility index (Phi) is 49.7. The Labute approximate surface area is 467 Å². The summed E-state index contributed by atoms with van der Waals surface area (Å²) >= 11 is 0. The number of carbonyl (C=O) groups is 4. The number of ether oxygens (including phenoxy) is 4. The highest BCUT2D eigenvalue weighted by molar-refractivity contribution is 7.47. The van der Waals surface area contributed by atoms with Gasteiger partial charge in [-0.25, -0.2) is 9.13 Å². The molecule has 0 radical (unpaired) electrons.